The second-order valence-corrected chi connectivity index (χ2v) is 6.63. The van der Waals surface area contributed by atoms with Crippen LogP contribution in [0.2, 0.25) is 0 Å². The summed E-state index contributed by atoms with van der Waals surface area (Å²) in [6, 6.07) is 8.68. The van der Waals surface area contributed by atoms with E-state index < -0.39 is 11.9 Å². The average molecular weight is 411 g/mol. The van der Waals surface area contributed by atoms with Gasteiger partial charge >= 0.3 is 6.18 Å². The number of anilines is 1. The number of aromatic nitrogens is 6. The van der Waals surface area contributed by atoms with E-state index in [1.807, 2.05) is 12.1 Å². The molecule has 7 nitrogen and oxygen atoms in total. The number of nitrogens with two attached hydrogens (primary N) is 1. The fourth-order valence-electron chi connectivity index (χ4n) is 2.90. The Bertz CT molecular complexity index is 1170. The third kappa shape index (κ3) is 4.12. The van der Waals surface area contributed by atoms with Gasteiger partial charge in [0.05, 0.1) is 5.56 Å². The van der Waals surface area contributed by atoms with Crippen LogP contribution in [0.4, 0.5) is 19.0 Å². The molecule has 0 aliphatic carbocycles. The molecule has 0 fully saturated rings. The maximum atomic E-state index is 12.9. The summed E-state index contributed by atoms with van der Waals surface area (Å²) in [6.45, 7) is 0. The van der Waals surface area contributed by atoms with Crippen molar-refractivity contribution in [3.8, 4) is 22.8 Å². The highest BCUT2D eigenvalue weighted by Gasteiger charge is 2.34. The molecule has 30 heavy (non-hydrogen) atoms. The van der Waals surface area contributed by atoms with Gasteiger partial charge in [-0.1, -0.05) is 24.3 Å². The first-order valence-corrected chi connectivity index (χ1v) is 8.89. The molecular weight excluding hydrogens is 395 g/mol. The smallest absolute Gasteiger partial charge is 0.384 e. The summed E-state index contributed by atoms with van der Waals surface area (Å²) in [7, 11) is 1.53. The van der Waals surface area contributed by atoms with E-state index >= 15 is 0 Å². The predicted octanol–water partition coefficient (Wildman–Crippen LogP) is 3.53. The second kappa shape index (κ2) is 7.54. The van der Waals surface area contributed by atoms with Crippen LogP contribution in [-0.4, -0.2) is 29.5 Å². The van der Waals surface area contributed by atoms with Crippen LogP contribution in [0.25, 0.3) is 22.8 Å². The molecule has 1 aromatic carbocycles. The van der Waals surface area contributed by atoms with Gasteiger partial charge in [-0.05, 0) is 11.6 Å². The molecule has 0 bridgehead atoms. The molecule has 0 unspecified atom stereocenters. The first-order chi connectivity index (χ1) is 14.3. The van der Waals surface area contributed by atoms with Crippen molar-refractivity contribution < 1.29 is 13.2 Å². The summed E-state index contributed by atoms with van der Waals surface area (Å²) in [4.78, 5) is 20.6. The Morgan fingerprint density at radius 1 is 0.933 bits per heavy atom. The van der Waals surface area contributed by atoms with Crippen molar-refractivity contribution in [1.29, 1.82) is 0 Å². The molecule has 0 aliphatic rings. The van der Waals surface area contributed by atoms with E-state index in [4.69, 9.17) is 5.73 Å². The number of nitrogens with zero attached hydrogens (tertiary/aromatic N) is 6. The van der Waals surface area contributed by atoms with Crippen molar-refractivity contribution >= 4 is 5.82 Å². The van der Waals surface area contributed by atoms with Crippen LogP contribution in [0.5, 0.6) is 0 Å². The third-order valence-corrected chi connectivity index (χ3v) is 4.38. The lowest BCUT2D eigenvalue weighted by molar-refractivity contribution is -0.140. The lowest BCUT2D eigenvalue weighted by Crippen LogP contribution is -2.04. The first kappa shape index (κ1) is 19.5. The highest BCUT2D eigenvalue weighted by Crippen LogP contribution is 2.30. The van der Waals surface area contributed by atoms with Crippen molar-refractivity contribution in [2.75, 3.05) is 5.73 Å². The summed E-state index contributed by atoms with van der Waals surface area (Å²) in [5.41, 5.74) is 6.90. The fraction of sp³-hybridized carbons (Fsp3) is 0.150. The van der Waals surface area contributed by atoms with Gasteiger partial charge in [0, 0.05) is 43.8 Å². The van der Waals surface area contributed by atoms with E-state index in [-0.39, 0.29) is 5.82 Å². The fourth-order valence-corrected chi connectivity index (χ4v) is 2.90. The van der Waals surface area contributed by atoms with Crippen molar-refractivity contribution in [3.63, 3.8) is 0 Å². The zero-order valence-corrected chi connectivity index (χ0v) is 15.8. The minimum atomic E-state index is -4.48. The summed E-state index contributed by atoms with van der Waals surface area (Å²) in [5, 5.41) is 0. The van der Waals surface area contributed by atoms with E-state index in [2.05, 4.69) is 24.9 Å². The molecule has 3 aromatic heterocycles. The van der Waals surface area contributed by atoms with Crippen molar-refractivity contribution in [3.05, 3.63) is 72.2 Å². The molecule has 4 rings (SSSR count). The minimum Gasteiger partial charge on any atom is -0.384 e. The molecule has 0 spiro atoms. The number of rotatable bonds is 4. The van der Waals surface area contributed by atoms with Crippen LogP contribution in [0, 0.1) is 0 Å². The number of halogens is 3. The van der Waals surface area contributed by atoms with Crippen LogP contribution in [-0.2, 0) is 19.6 Å². The zero-order chi connectivity index (χ0) is 21.3. The van der Waals surface area contributed by atoms with Gasteiger partial charge in [0.1, 0.15) is 17.5 Å². The molecular formula is C20H16F3N7. The number of benzene rings is 1. The van der Waals surface area contributed by atoms with Gasteiger partial charge in [0.2, 0.25) is 0 Å². The second-order valence-electron chi connectivity index (χ2n) is 6.63. The summed E-state index contributed by atoms with van der Waals surface area (Å²) < 4.78 is 39.9. The monoisotopic (exact) mass is 411 g/mol. The van der Waals surface area contributed by atoms with Crippen molar-refractivity contribution in [2.45, 2.75) is 12.6 Å². The van der Waals surface area contributed by atoms with Crippen LogP contribution in [0.3, 0.4) is 0 Å². The molecule has 0 radical (unpaired) electrons. The molecule has 0 saturated heterocycles. The largest absolute Gasteiger partial charge is 0.434 e. The van der Waals surface area contributed by atoms with Gasteiger partial charge < -0.3 is 10.3 Å². The molecule has 0 atom stereocenters. The molecule has 0 aliphatic heterocycles. The van der Waals surface area contributed by atoms with E-state index in [1.54, 1.807) is 36.8 Å². The third-order valence-electron chi connectivity index (χ3n) is 4.38. The topological polar surface area (TPSA) is 95.4 Å². The molecule has 10 heteroatoms. The van der Waals surface area contributed by atoms with E-state index in [1.165, 1.54) is 11.6 Å². The molecule has 4 aromatic rings. The van der Waals surface area contributed by atoms with Gasteiger partial charge in [-0.15, -0.1) is 0 Å². The molecule has 2 N–H and O–H groups in total. The number of alkyl halides is 3. The SMILES string of the molecule is Cn1cc(C(F)(F)F)nc1-c1ccc(Cc2ncc(-c3nccc(N)n3)cn2)cc1. The maximum absolute atomic E-state index is 12.9. The molecule has 0 saturated carbocycles. The Balaban J connectivity index is 1.49. The van der Waals surface area contributed by atoms with Gasteiger partial charge in [0.15, 0.2) is 11.5 Å². The maximum Gasteiger partial charge on any atom is 0.434 e. The van der Waals surface area contributed by atoms with Crippen molar-refractivity contribution in [2.24, 2.45) is 7.05 Å². The Morgan fingerprint density at radius 2 is 1.63 bits per heavy atom. The quantitative estimate of drug-likeness (QED) is 0.552. The highest BCUT2D eigenvalue weighted by molar-refractivity contribution is 5.57. The minimum absolute atomic E-state index is 0.247. The van der Waals surface area contributed by atoms with Gasteiger partial charge in [0.25, 0.3) is 0 Å². The first-order valence-electron chi connectivity index (χ1n) is 8.89. The molecule has 152 valence electrons. The van der Waals surface area contributed by atoms with Crippen LogP contribution < -0.4 is 5.73 Å². The molecule has 0 amide bonds. The number of aryl methyl sites for hydroxylation is 1. The van der Waals surface area contributed by atoms with Gasteiger partial charge in [-0.2, -0.15) is 13.2 Å². The van der Waals surface area contributed by atoms with Crippen LogP contribution in [0.1, 0.15) is 17.1 Å². The summed E-state index contributed by atoms with van der Waals surface area (Å²) in [6.07, 6.45) is 1.77. The Morgan fingerprint density at radius 3 is 2.23 bits per heavy atom. The number of nitrogen functional groups attached to an aromatic ring is 1. The zero-order valence-electron chi connectivity index (χ0n) is 15.8. The average Bonchev–Trinajstić information content (AvgIpc) is 3.11. The van der Waals surface area contributed by atoms with E-state index in [9.17, 15) is 13.2 Å². The van der Waals surface area contributed by atoms with Crippen LogP contribution >= 0.6 is 0 Å². The Hall–Kier alpha value is -3.82. The van der Waals surface area contributed by atoms with Gasteiger partial charge in [-0.3, -0.25) is 0 Å². The number of hydrogen-bond acceptors (Lipinski definition) is 6. The lowest BCUT2D eigenvalue weighted by atomic mass is 10.1. The van der Waals surface area contributed by atoms with E-state index in [0.29, 0.717) is 35.0 Å². The number of imidazole rings is 1. The number of hydrogen-bond donors (Lipinski definition) is 1. The van der Waals surface area contributed by atoms with Crippen LogP contribution in [0.15, 0.2) is 55.1 Å². The normalized spacial score (nSPS) is 11.6. The Labute approximate surface area is 169 Å². The summed E-state index contributed by atoms with van der Waals surface area (Å²) in [5.74, 6) is 1.64. The van der Waals surface area contributed by atoms with E-state index in [0.717, 1.165) is 11.8 Å². The summed E-state index contributed by atoms with van der Waals surface area (Å²) >= 11 is 0. The predicted molar refractivity (Wildman–Crippen MR) is 104 cm³/mol. The highest BCUT2D eigenvalue weighted by atomic mass is 19.4. The standard InChI is InChI=1S/C20H16F3N7/c1-30-11-15(20(21,22)23)28-19(30)13-4-2-12(3-5-13)8-17-26-9-14(10-27-17)18-25-7-6-16(24)29-18/h2-7,9-11H,8H2,1H3,(H2,24,25,29). The lowest BCUT2D eigenvalue weighted by Gasteiger charge is -2.05. The molecule has 3 heterocycles. The van der Waals surface area contributed by atoms with Crippen molar-refractivity contribution in [1.82, 2.24) is 29.5 Å². The Kier molecular flexibility index (Phi) is 4.90. The van der Waals surface area contributed by atoms with Gasteiger partial charge in [-0.25, -0.2) is 24.9 Å².